The highest BCUT2D eigenvalue weighted by Gasteiger charge is 2.37. The SMILES string of the molecule is CCn1cc(-c2cc(C#N)ccc2Br)c(C(F)(F)F)n1. The van der Waals surface area contributed by atoms with Crippen LogP contribution >= 0.6 is 15.9 Å². The van der Waals surface area contributed by atoms with Crippen molar-refractivity contribution in [2.45, 2.75) is 19.6 Å². The normalized spacial score (nSPS) is 11.4. The number of hydrogen-bond donors (Lipinski definition) is 0. The first kappa shape index (κ1) is 14.6. The van der Waals surface area contributed by atoms with Gasteiger partial charge in [0.2, 0.25) is 0 Å². The predicted octanol–water partition coefficient (Wildman–Crippen LogP) is 4.22. The van der Waals surface area contributed by atoms with Crippen LogP contribution in [0.4, 0.5) is 13.2 Å². The number of nitriles is 1. The van der Waals surface area contributed by atoms with Crippen molar-refractivity contribution in [3.05, 3.63) is 40.1 Å². The van der Waals surface area contributed by atoms with Crippen molar-refractivity contribution in [3.8, 4) is 17.2 Å². The summed E-state index contributed by atoms with van der Waals surface area (Å²) in [6.07, 6.45) is -3.21. The molecule has 0 radical (unpaired) electrons. The van der Waals surface area contributed by atoms with Crippen LogP contribution in [0.3, 0.4) is 0 Å². The molecule has 0 saturated carbocycles. The zero-order chi connectivity index (χ0) is 14.9. The Balaban J connectivity index is 2.69. The van der Waals surface area contributed by atoms with Crippen LogP contribution in [-0.2, 0) is 12.7 Å². The van der Waals surface area contributed by atoms with E-state index in [1.54, 1.807) is 13.0 Å². The van der Waals surface area contributed by atoms with Gasteiger partial charge in [-0.25, -0.2) is 0 Å². The molecule has 0 aliphatic carbocycles. The van der Waals surface area contributed by atoms with Gasteiger partial charge in [-0.1, -0.05) is 15.9 Å². The molecule has 1 aromatic carbocycles. The highest BCUT2D eigenvalue weighted by atomic mass is 79.9. The minimum absolute atomic E-state index is 0.0386. The fourth-order valence-electron chi connectivity index (χ4n) is 1.79. The lowest BCUT2D eigenvalue weighted by Gasteiger charge is -2.08. The van der Waals surface area contributed by atoms with E-state index in [4.69, 9.17) is 5.26 Å². The van der Waals surface area contributed by atoms with Gasteiger partial charge in [0, 0.05) is 28.3 Å². The van der Waals surface area contributed by atoms with Crippen LogP contribution in [0.25, 0.3) is 11.1 Å². The molecule has 3 nitrogen and oxygen atoms in total. The second kappa shape index (κ2) is 5.29. The Hall–Kier alpha value is -1.81. The average molecular weight is 344 g/mol. The zero-order valence-corrected chi connectivity index (χ0v) is 12.0. The Morgan fingerprint density at radius 2 is 2.05 bits per heavy atom. The van der Waals surface area contributed by atoms with Gasteiger partial charge in [-0.15, -0.1) is 0 Å². The van der Waals surface area contributed by atoms with E-state index >= 15 is 0 Å². The van der Waals surface area contributed by atoms with Gasteiger partial charge in [0.25, 0.3) is 0 Å². The van der Waals surface area contributed by atoms with Gasteiger partial charge in [-0.05, 0) is 25.1 Å². The summed E-state index contributed by atoms with van der Waals surface area (Å²) in [7, 11) is 0. The van der Waals surface area contributed by atoms with Crippen molar-refractivity contribution in [1.82, 2.24) is 9.78 Å². The lowest BCUT2D eigenvalue weighted by atomic mass is 10.0. The number of rotatable bonds is 2. The molecule has 0 atom stereocenters. The molecule has 0 amide bonds. The van der Waals surface area contributed by atoms with Crippen molar-refractivity contribution in [1.29, 1.82) is 5.26 Å². The molecule has 0 spiro atoms. The van der Waals surface area contributed by atoms with E-state index in [1.165, 1.54) is 23.0 Å². The molecule has 0 aliphatic heterocycles. The summed E-state index contributed by atoms with van der Waals surface area (Å²) in [6, 6.07) is 6.41. The summed E-state index contributed by atoms with van der Waals surface area (Å²) in [5, 5.41) is 12.4. The molecule has 1 heterocycles. The van der Waals surface area contributed by atoms with Crippen molar-refractivity contribution in [2.75, 3.05) is 0 Å². The summed E-state index contributed by atoms with van der Waals surface area (Å²) in [4.78, 5) is 0. The van der Waals surface area contributed by atoms with E-state index in [9.17, 15) is 13.2 Å². The highest BCUT2D eigenvalue weighted by molar-refractivity contribution is 9.10. The minimum atomic E-state index is -4.54. The molecule has 0 N–H and O–H groups in total. The predicted molar refractivity (Wildman–Crippen MR) is 70.8 cm³/mol. The molecular formula is C13H9BrF3N3. The molecule has 0 bridgehead atoms. The number of aryl methyl sites for hydroxylation is 1. The first-order valence-electron chi connectivity index (χ1n) is 5.71. The van der Waals surface area contributed by atoms with Crippen LogP contribution < -0.4 is 0 Å². The van der Waals surface area contributed by atoms with E-state index in [2.05, 4.69) is 21.0 Å². The van der Waals surface area contributed by atoms with E-state index in [0.717, 1.165) is 0 Å². The highest BCUT2D eigenvalue weighted by Crippen LogP contribution is 2.39. The standard InChI is InChI=1S/C13H9BrF3N3/c1-2-20-7-10(12(19-20)13(15,16)17)9-5-8(6-18)3-4-11(9)14/h3-5,7H,2H2,1H3. The van der Waals surface area contributed by atoms with E-state index in [1.807, 2.05) is 6.07 Å². The Morgan fingerprint density at radius 3 is 2.60 bits per heavy atom. The molecule has 0 saturated heterocycles. The molecular weight excluding hydrogens is 335 g/mol. The van der Waals surface area contributed by atoms with Gasteiger partial charge in [-0.3, -0.25) is 4.68 Å². The van der Waals surface area contributed by atoms with Gasteiger partial charge in [0.05, 0.1) is 11.6 Å². The summed E-state index contributed by atoms with van der Waals surface area (Å²) in [5.41, 5.74) is -0.393. The molecule has 104 valence electrons. The summed E-state index contributed by atoms with van der Waals surface area (Å²) in [6.45, 7) is 2.04. The van der Waals surface area contributed by atoms with Gasteiger partial charge in [0.1, 0.15) is 0 Å². The number of aromatic nitrogens is 2. The van der Waals surface area contributed by atoms with Crippen molar-refractivity contribution < 1.29 is 13.2 Å². The maximum Gasteiger partial charge on any atom is 0.435 e. The first-order chi connectivity index (χ1) is 9.36. The second-order valence-corrected chi connectivity index (χ2v) is 4.91. The fourth-order valence-corrected chi connectivity index (χ4v) is 2.25. The Labute approximate surface area is 121 Å². The third-order valence-corrected chi connectivity index (χ3v) is 3.43. The maximum absolute atomic E-state index is 13.0. The molecule has 0 fully saturated rings. The molecule has 1 aromatic heterocycles. The van der Waals surface area contributed by atoms with Crippen LogP contribution in [0.2, 0.25) is 0 Å². The quantitative estimate of drug-likeness (QED) is 0.818. The van der Waals surface area contributed by atoms with E-state index < -0.39 is 11.9 Å². The second-order valence-electron chi connectivity index (χ2n) is 4.05. The number of hydrogen-bond acceptors (Lipinski definition) is 2. The van der Waals surface area contributed by atoms with Gasteiger partial charge in [0.15, 0.2) is 5.69 Å². The summed E-state index contributed by atoms with van der Waals surface area (Å²) in [5.74, 6) is 0. The van der Waals surface area contributed by atoms with Gasteiger partial charge in [-0.2, -0.15) is 23.5 Å². The molecule has 2 rings (SSSR count). The van der Waals surface area contributed by atoms with E-state index in [-0.39, 0.29) is 5.56 Å². The van der Waals surface area contributed by atoms with E-state index in [0.29, 0.717) is 22.1 Å². The Kier molecular flexibility index (Phi) is 3.86. The Bertz CT molecular complexity index is 683. The van der Waals surface area contributed by atoms with Crippen LogP contribution in [0.1, 0.15) is 18.2 Å². The lowest BCUT2D eigenvalue weighted by Crippen LogP contribution is -2.08. The van der Waals surface area contributed by atoms with Crippen LogP contribution in [0.15, 0.2) is 28.9 Å². The molecule has 0 aliphatic rings. The monoisotopic (exact) mass is 343 g/mol. The topological polar surface area (TPSA) is 41.6 Å². The lowest BCUT2D eigenvalue weighted by molar-refractivity contribution is -0.141. The molecule has 20 heavy (non-hydrogen) atoms. The molecule has 0 unspecified atom stereocenters. The number of alkyl halides is 3. The van der Waals surface area contributed by atoms with Gasteiger partial charge < -0.3 is 0 Å². The third-order valence-electron chi connectivity index (χ3n) is 2.74. The summed E-state index contributed by atoms with van der Waals surface area (Å²) >= 11 is 3.21. The minimum Gasteiger partial charge on any atom is -0.272 e. The largest absolute Gasteiger partial charge is 0.435 e. The van der Waals surface area contributed by atoms with Crippen LogP contribution in [-0.4, -0.2) is 9.78 Å². The number of benzene rings is 1. The fraction of sp³-hybridized carbons (Fsp3) is 0.231. The molecule has 2 aromatic rings. The zero-order valence-electron chi connectivity index (χ0n) is 10.4. The van der Waals surface area contributed by atoms with Crippen molar-refractivity contribution in [3.63, 3.8) is 0 Å². The van der Waals surface area contributed by atoms with Crippen LogP contribution in [0, 0.1) is 11.3 Å². The molecule has 7 heteroatoms. The van der Waals surface area contributed by atoms with Gasteiger partial charge >= 0.3 is 6.18 Å². The Morgan fingerprint density at radius 1 is 1.35 bits per heavy atom. The third kappa shape index (κ3) is 2.70. The average Bonchev–Trinajstić information content (AvgIpc) is 2.83. The summed E-state index contributed by atoms with van der Waals surface area (Å²) < 4.78 is 40.8. The maximum atomic E-state index is 13.0. The number of halogens is 4. The first-order valence-corrected chi connectivity index (χ1v) is 6.50. The van der Waals surface area contributed by atoms with Crippen LogP contribution in [0.5, 0.6) is 0 Å². The van der Waals surface area contributed by atoms with Crippen molar-refractivity contribution in [2.24, 2.45) is 0 Å². The number of nitrogens with zero attached hydrogens (tertiary/aromatic N) is 3. The smallest absolute Gasteiger partial charge is 0.272 e. The van der Waals surface area contributed by atoms with Crippen molar-refractivity contribution >= 4 is 15.9 Å².